The molecule has 8 rings (SSSR count). The predicted octanol–water partition coefficient (Wildman–Crippen LogP) is 19.2. The average Bonchev–Trinajstić information content (AvgIpc) is 2.15. The Kier molecular flexibility index (Phi) is 24.2. The van der Waals surface area contributed by atoms with Crippen molar-refractivity contribution in [3.8, 4) is 68.2 Å². The van der Waals surface area contributed by atoms with Crippen LogP contribution in [-0.2, 0) is 52.2 Å². The molecular weight excluding hydrogens is 1090 g/mol. The summed E-state index contributed by atoms with van der Waals surface area (Å²) in [5.41, 5.74) is 7.58. The summed E-state index contributed by atoms with van der Waals surface area (Å²) < 4.78 is 45.3. The second kappa shape index (κ2) is 30.5. The molecule has 0 aromatic heterocycles. The molecular formula is C72H88O14. The van der Waals surface area contributed by atoms with Crippen LogP contribution in [0.2, 0.25) is 0 Å². The number of ether oxygens (including phenoxy) is 8. The highest BCUT2D eigenvalue weighted by Crippen LogP contribution is 2.47. The Bertz CT molecular complexity index is 3290. The van der Waals surface area contributed by atoms with Gasteiger partial charge in [0.1, 0.15) is 59.2 Å². The number of phenolic OH excluding ortho intramolecular Hbond substituents is 2. The zero-order valence-electron chi connectivity index (χ0n) is 50.2. The number of hydrogen-bond donors (Lipinski definition) is 2. The molecule has 86 heavy (non-hydrogen) atoms. The molecule has 0 aliphatic carbocycles. The third-order valence-electron chi connectivity index (χ3n) is 14.4. The summed E-state index contributed by atoms with van der Waals surface area (Å²) >= 11 is 0. The maximum atomic E-state index is 12.8. The summed E-state index contributed by atoms with van der Waals surface area (Å²) in [6.07, 6.45) is 8.38. The van der Waals surface area contributed by atoms with Gasteiger partial charge in [0.15, 0.2) is 12.2 Å². The first-order chi connectivity index (χ1) is 39.9. The van der Waals surface area contributed by atoms with Crippen LogP contribution in [0, 0.1) is 0 Å². The minimum atomic E-state index is -0.787. The number of aromatic hydroxyl groups is 2. The second-order valence-electron chi connectivity index (χ2n) is 23.5. The number of carbonyl (C=O) groups is 4. The molecule has 2 unspecified atom stereocenters. The van der Waals surface area contributed by atoms with Crippen molar-refractivity contribution >= 4 is 24.2 Å². The van der Waals surface area contributed by atoms with Crippen LogP contribution in [0.3, 0.4) is 0 Å². The first kappa shape index (κ1) is 68.3. The van der Waals surface area contributed by atoms with Gasteiger partial charge in [-0.2, -0.15) is 0 Å². The minimum Gasteiger partial charge on any atom is -0.508 e. The monoisotopic (exact) mass is 1180 g/mol. The van der Waals surface area contributed by atoms with Crippen molar-refractivity contribution in [2.24, 2.45) is 0 Å². The minimum absolute atomic E-state index is 0. The Hall–Kier alpha value is -8.52. The Morgan fingerprint density at radius 2 is 0.907 bits per heavy atom. The standard InChI is InChI=1S/C39H48O7.C31H32O7.2CH4/c1-10-11-12-13-14-25-15-17-26(18-16-25)28-21-33(29(34-23-43-37(42)46-34)22-32(28)45-36(41)24(2)3)44-27-19-30(38(4,5)6)35(40)31(20-27)39(7,8)9;1-4-5-6-7-8-21-9-11-22(12-10-21)25-17-28(36-24-15-13-23(32)14-16-24)26(29-19-35-31(34)38-29)18-27(25)37-30(33)20(2)3;;/h15-22,34,40H,2,10-14,23H2,1,3-9H3;9-18,29,32H,2,4-8,19H2,1,3H3;2*1H4. The largest absolute Gasteiger partial charge is 0.509 e. The van der Waals surface area contributed by atoms with Gasteiger partial charge in [0.2, 0.25) is 0 Å². The molecule has 6 aromatic rings. The average molecular weight is 1180 g/mol. The van der Waals surface area contributed by atoms with Gasteiger partial charge in [-0.25, -0.2) is 19.2 Å². The molecule has 0 bridgehead atoms. The van der Waals surface area contributed by atoms with E-state index >= 15 is 0 Å². The predicted molar refractivity (Wildman–Crippen MR) is 338 cm³/mol. The van der Waals surface area contributed by atoms with Gasteiger partial charge in [-0.3, -0.25) is 0 Å². The van der Waals surface area contributed by atoms with Crippen LogP contribution >= 0.6 is 0 Å². The number of benzene rings is 6. The molecule has 0 amide bonds. The van der Waals surface area contributed by atoms with Gasteiger partial charge in [-0.15, -0.1) is 0 Å². The summed E-state index contributed by atoms with van der Waals surface area (Å²) in [6.45, 7) is 27.2. The Morgan fingerprint density at radius 1 is 0.523 bits per heavy atom. The molecule has 2 aliphatic heterocycles. The second-order valence-corrected chi connectivity index (χ2v) is 23.5. The van der Waals surface area contributed by atoms with Crippen LogP contribution in [-0.4, -0.2) is 47.7 Å². The zero-order valence-corrected chi connectivity index (χ0v) is 50.2. The first-order valence-corrected chi connectivity index (χ1v) is 28.9. The van der Waals surface area contributed by atoms with Gasteiger partial charge in [-0.05, 0) is 133 Å². The van der Waals surface area contributed by atoms with Gasteiger partial charge >= 0.3 is 24.2 Å². The molecule has 2 heterocycles. The highest BCUT2D eigenvalue weighted by molar-refractivity contribution is 5.91. The van der Waals surface area contributed by atoms with Gasteiger partial charge in [0.25, 0.3) is 0 Å². The van der Waals surface area contributed by atoms with Crippen LogP contribution in [0.4, 0.5) is 9.59 Å². The maximum Gasteiger partial charge on any atom is 0.509 e. The van der Waals surface area contributed by atoms with Crippen molar-refractivity contribution in [2.45, 2.75) is 171 Å². The molecule has 14 heteroatoms. The quantitative estimate of drug-likeness (QED) is 0.0283. The molecule has 0 spiro atoms. The van der Waals surface area contributed by atoms with Crippen molar-refractivity contribution in [3.63, 3.8) is 0 Å². The van der Waals surface area contributed by atoms with Gasteiger partial charge in [-0.1, -0.05) is 170 Å². The van der Waals surface area contributed by atoms with Crippen molar-refractivity contribution in [2.75, 3.05) is 13.2 Å². The number of hydrogen-bond acceptors (Lipinski definition) is 14. The normalized spacial score (nSPS) is 14.3. The summed E-state index contributed by atoms with van der Waals surface area (Å²) in [7, 11) is 0. The molecule has 0 radical (unpaired) electrons. The van der Waals surface area contributed by atoms with Gasteiger partial charge in [0, 0.05) is 44.5 Å². The van der Waals surface area contributed by atoms with E-state index in [0.717, 1.165) is 47.9 Å². The Labute approximate surface area is 509 Å². The third kappa shape index (κ3) is 18.2. The smallest absolute Gasteiger partial charge is 0.508 e. The van der Waals surface area contributed by atoms with Gasteiger partial charge < -0.3 is 48.1 Å². The van der Waals surface area contributed by atoms with E-state index in [9.17, 15) is 29.4 Å². The molecule has 2 aliphatic rings. The lowest BCUT2D eigenvalue weighted by Gasteiger charge is -2.28. The van der Waals surface area contributed by atoms with Crippen LogP contribution in [0.5, 0.6) is 46.0 Å². The summed E-state index contributed by atoms with van der Waals surface area (Å²) in [5, 5.41) is 20.9. The number of phenols is 2. The fourth-order valence-corrected chi connectivity index (χ4v) is 9.58. The summed E-state index contributed by atoms with van der Waals surface area (Å²) in [6, 6.07) is 33.2. The number of unbranched alkanes of at least 4 members (excludes halogenated alkanes) is 6. The highest BCUT2D eigenvalue weighted by Gasteiger charge is 2.34. The number of aryl methyl sites for hydroxylation is 2. The van der Waals surface area contributed by atoms with Crippen LogP contribution in [0.25, 0.3) is 22.3 Å². The van der Waals surface area contributed by atoms with E-state index in [-0.39, 0.29) is 73.0 Å². The SMILES string of the molecule is C.C.C=C(C)C(=O)Oc1cc(C2COC(=O)O2)c(Oc2cc(C(C)(C)C)c(O)c(C(C)(C)C)c2)cc1-c1ccc(CCCCCC)cc1.C=C(C)C(=O)Oc1cc(C2COC(=O)O2)c(Oc2ccc(O)cc2)cc1-c1ccc(CCCCCC)cc1. The molecule has 14 nitrogen and oxygen atoms in total. The van der Waals surface area contributed by atoms with Crippen LogP contribution < -0.4 is 18.9 Å². The molecule has 2 N–H and O–H groups in total. The lowest BCUT2D eigenvalue weighted by molar-refractivity contribution is -0.130. The maximum absolute atomic E-state index is 12.8. The molecule has 460 valence electrons. The van der Waals surface area contributed by atoms with Gasteiger partial charge in [0.05, 0.1) is 0 Å². The summed E-state index contributed by atoms with van der Waals surface area (Å²) in [4.78, 5) is 49.0. The van der Waals surface area contributed by atoms with Crippen LogP contribution in [0.1, 0.15) is 181 Å². The zero-order chi connectivity index (χ0) is 60.9. The van der Waals surface area contributed by atoms with E-state index in [1.54, 1.807) is 50.2 Å². The topological polar surface area (TPSA) is 183 Å². The highest BCUT2D eigenvalue weighted by atomic mass is 16.8. The van der Waals surface area contributed by atoms with E-state index < -0.39 is 36.5 Å². The van der Waals surface area contributed by atoms with E-state index in [0.29, 0.717) is 45.3 Å². The first-order valence-electron chi connectivity index (χ1n) is 28.9. The van der Waals surface area contributed by atoms with E-state index in [1.807, 2.05) is 77.9 Å². The van der Waals surface area contributed by atoms with Crippen molar-refractivity contribution in [1.29, 1.82) is 0 Å². The van der Waals surface area contributed by atoms with E-state index in [4.69, 9.17) is 37.9 Å². The fraction of sp³-hybridized carbons (Fsp3) is 0.389. The molecule has 6 aromatic carbocycles. The number of rotatable bonds is 22. The van der Waals surface area contributed by atoms with Crippen LogP contribution in [0.15, 0.2) is 133 Å². The number of carbonyl (C=O) groups excluding carboxylic acids is 4. The molecule has 2 saturated heterocycles. The Balaban J connectivity index is 0.000000312. The van der Waals surface area contributed by atoms with E-state index in [2.05, 4.69) is 51.3 Å². The van der Waals surface area contributed by atoms with Crippen molar-refractivity contribution < 1.29 is 67.3 Å². The Morgan fingerprint density at radius 3 is 1.24 bits per heavy atom. The number of esters is 2. The van der Waals surface area contributed by atoms with E-state index in [1.165, 1.54) is 61.8 Å². The third-order valence-corrected chi connectivity index (χ3v) is 14.4. The fourth-order valence-electron chi connectivity index (χ4n) is 9.58. The molecule has 2 atom stereocenters. The van der Waals surface area contributed by atoms with Crippen molar-refractivity contribution in [1.82, 2.24) is 0 Å². The summed E-state index contributed by atoms with van der Waals surface area (Å²) in [5.74, 6) is 1.54. The lowest BCUT2D eigenvalue weighted by Crippen LogP contribution is -2.17. The lowest BCUT2D eigenvalue weighted by atomic mass is 9.79. The van der Waals surface area contributed by atoms with Crippen molar-refractivity contribution in [3.05, 3.63) is 167 Å². The molecule has 0 saturated carbocycles. The molecule has 2 fully saturated rings. The number of cyclic esters (lactones) is 4.